The van der Waals surface area contributed by atoms with E-state index in [-0.39, 0.29) is 23.9 Å². The molecule has 1 amide bonds. The zero-order chi connectivity index (χ0) is 10.7. The third-order valence-electron chi connectivity index (χ3n) is 3.65. The summed E-state index contributed by atoms with van der Waals surface area (Å²) in [6.45, 7) is 3.87. The number of hydrogen-bond acceptors (Lipinski definition) is 2. The summed E-state index contributed by atoms with van der Waals surface area (Å²) < 4.78 is 0. The molecule has 16 heavy (non-hydrogen) atoms. The Hall–Kier alpha value is -0.280. The van der Waals surface area contributed by atoms with Gasteiger partial charge in [-0.05, 0) is 45.1 Å². The van der Waals surface area contributed by atoms with Gasteiger partial charge in [-0.25, -0.2) is 0 Å². The molecule has 0 aromatic heterocycles. The third kappa shape index (κ3) is 3.63. The molecule has 1 atom stereocenters. The molecule has 4 heteroatoms. The molecule has 1 saturated heterocycles. The lowest BCUT2D eigenvalue weighted by molar-refractivity contribution is -0.127. The Labute approximate surface area is 104 Å². The molecule has 0 bridgehead atoms. The Morgan fingerprint density at radius 3 is 2.75 bits per heavy atom. The summed E-state index contributed by atoms with van der Waals surface area (Å²) in [5.74, 6) is 1.10. The van der Waals surface area contributed by atoms with Crippen LogP contribution in [0.4, 0.5) is 0 Å². The highest BCUT2D eigenvalue weighted by Gasteiger charge is 2.34. The average molecular weight is 247 g/mol. The standard InChI is InChI=1S/C12H22N2O.ClH/c1-12(7-2-3-8-14-12)11(15)13-9-6-10-4-5-10;/h10,14H,2-9H2,1H3,(H,13,15);1H. The topological polar surface area (TPSA) is 41.1 Å². The van der Waals surface area contributed by atoms with E-state index in [4.69, 9.17) is 0 Å². The van der Waals surface area contributed by atoms with Gasteiger partial charge in [-0.1, -0.05) is 12.8 Å². The van der Waals surface area contributed by atoms with Crippen LogP contribution >= 0.6 is 12.4 Å². The van der Waals surface area contributed by atoms with Crippen molar-refractivity contribution < 1.29 is 4.79 Å². The maximum atomic E-state index is 11.9. The van der Waals surface area contributed by atoms with Crippen LogP contribution in [0.25, 0.3) is 0 Å². The lowest BCUT2D eigenvalue weighted by Gasteiger charge is -2.33. The van der Waals surface area contributed by atoms with Crippen molar-refractivity contribution in [3.8, 4) is 0 Å². The highest BCUT2D eigenvalue weighted by atomic mass is 35.5. The summed E-state index contributed by atoms with van der Waals surface area (Å²) in [4.78, 5) is 11.9. The van der Waals surface area contributed by atoms with E-state index in [9.17, 15) is 4.79 Å². The molecule has 1 aliphatic carbocycles. The van der Waals surface area contributed by atoms with Crippen molar-refractivity contribution in [1.29, 1.82) is 0 Å². The molecular weight excluding hydrogens is 224 g/mol. The van der Waals surface area contributed by atoms with Crippen molar-refractivity contribution in [2.75, 3.05) is 13.1 Å². The van der Waals surface area contributed by atoms with Crippen LogP contribution in [0.1, 0.15) is 45.4 Å². The molecule has 0 spiro atoms. The summed E-state index contributed by atoms with van der Waals surface area (Å²) in [5, 5.41) is 6.40. The van der Waals surface area contributed by atoms with Crippen molar-refractivity contribution in [2.24, 2.45) is 5.92 Å². The van der Waals surface area contributed by atoms with Gasteiger partial charge in [0.25, 0.3) is 0 Å². The minimum atomic E-state index is -0.304. The SMILES string of the molecule is CC1(C(=O)NCCC2CC2)CCCCN1.Cl. The molecule has 94 valence electrons. The van der Waals surface area contributed by atoms with Crippen molar-refractivity contribution in [3.05, 3.63) is 0 Å². The Kier molecular flexibility index (Phi) is 5.06. The number of carbonyl (C=O) groups is 1. The predicted molar refractivity (Wildman–Crippen MR) is 67.9 cm³/mol. The molecular formula is C12H23ClN2O. The average Bonchev–Trinajstić information content (AvgIpc) is 3.03. The lowest BCUT2D eigenvalue weighted by atomic mass is 9.90. The van der Waals surface area contributed by atoms with Crippen LogP contribution in [0.15, 0.2) is 0 Å². The number of amides is 1. The fraction of sp³-hybridized carbons (Fsp3) is 0.917. The highest BCUT2D eigenvalue weighted by Crippen LogP contribution is 2.31. The fourth-order valence-corrected chi connectivity index (χ4v) is 2.24. The van der Waals surface area contributed by atoms with E-state index >= 15 is 0 Å². The molecule has 1 heterocycles. The van der Waals surface area contributed by atoms with Gasteiger partial charge in [0.2, 0.25) is 5.91 Å². The van der Waals surface area contributed by atoms with Crippen molar-refractivity contribution >= 4 is 18.3 Å². The van der Waals surface area contributed by atoms with Crippen molar-refractivity contribution in [2.45, 2.75) is 51.0 Å². The first-order valence-corrected chi connectivity index (χ1v) is 6.24. The molecule has 0 radical (unpaired) electrons. The first-order chi connectivity index (χ1) is 7.21. The van der Waals surface area contributed by atoms with Gasteiger partial charge >= 0.3 is 0 Å². The second kappa shape index (κ2) is 5.87. The van der Waals surface area contributed by atoms with Crippen molar-refractivity contribution in [3.63, 3.8) is 0 Å². The first-order valence-electron chi connectivity index (χ1n) is 6.24. The molecule has 2 aliphatic rings. The predicted octanol–water partition coefficient (Wildman–Crippen LogP) is 1.86. The van der Waals surface area contributed by atoms with Crippen LogP contribution < -0.4 is 10.6 Å². The minimum Gasteiger partial charge on any atom is -0.354 e. The molecule has 1 aliphatic heterocycles. The van der Waals surface area contributed by atoms with Crippen LogP contribution in [-0.2, 0) is 4.79 Å². The third-order valence-corrected chi connectivity index (χ3v) is 3.65. The quantitative estimate of drug-likeness (QED) is 0.795. The van der Waals surface area contributed by atoms with E-state index < -0.39 is 0 Å². The van der Waals surface area contributed by atoms with Crippen LogP contribution in [-0.4, -0.2) is 24.5 Å². The van der Waals surface area contributed by atoms with Gasteiger partial charge in [0, 0.05) is 6.54 Å². The molecule has 2 rings (SSSR count). The van der Waals surface area contributed by atoms with E-state index in [1.54, 1.807) is 0 Å². The molecule has 0 aromatic carbocycles. The zero-order valence-electron chi connectivity index (χ0n) is 10.1. The van der Waals surface area contributed by atoms with Crippen LogP contribution in [0.3, 0.4) is 0 Å². The summed E-state index contributed by atoms with van der Waals surface area (Å²) in [7, 11) is 0. The number of rotatable bonds is 4. The summed E-state index contributed by atoms with van der Waals surface area (Å²) in [6.07, 6.45) is 7.24. The number of carbonyl (C=O) groups excluding carboxylic acids is 1. The molecule has 1 unspecified atom stereocenters. The fourth-order valence-electron chi connectivity index (χ4n) is 2.24. The van der Waals surface area contributed by atoms with Crippen LogP contribution in [0.5, 0.6) is 0 Å². The monoisotopic (exact) mass is 246 g/mol. The summed E-state index contributed by atoms with van der Waals surface area (Å²) in [5.41, 5.74) is -0.304. The van der Waals surface area contributed by atoms with Gasteiger partial charge in [-0.3, -0.25) is 4.79 Å². The van der Waals surface area contributed by atoms with Gasteiger partial charge in [0.05, 0.1) is 5.54 Å². The molecule has 1 saturated carbocycles. The van der Waals surface area contributed by atoms with E-state index in [1.807, 2.05) is 6.92 Å². The van der Waals surface area contributed by atoms with Crippen LogP contribution in [0, 0.1) is 5.92 Å². The Bertz CT molecular complexity index is 235. The van der Waals surface area contributed by atoms with Gasteiger partial charge in [0.15, 0.2) is 0 Å². The van der Waals surface area contributed by atoms with Gasteiger partial charge in [0.1, 0.15) is 0 Å². The van der Waals surface area contributed by atoms with Crippen molar-refractivity contribution in [1.82, 2.24) is 10.6 Å². The molecule has 0 aromatic rings. The second-order valence-electron chi connectivity index (χ2n) is 5.20. The van der Waals surface area contributed by atoms with Gasteiger partial charge in [-0.2, -0.15) is 0 Å². The van der Waals surface area contributed by atoms with Crippen LogP contribution in [0.2, 0.25) is 0 Å². The smallest absolute Gasteiger partial charge is 0.240 e. The minimum absolute atomic E-state index is 0. The van der Waals surface area contributed by atoms with Gasteiger partial charge in [-0.15, -0.1) is 12.4 Å². The first kappa shape index (κ1) is 13.8. The van der Waals surface area contributed by atoms with Gasteiger partial charge < -0.3 is 10.6 Å². The zero-order valence-corrected chi connectivity index (χ0v) is 10.9. The van der Waals surface area contributed by atoms with E-state index in [2.05, 4.69) is 10.6 Å². The Balaban J connectivity index is 0.00000128. The number of nitrogens with one attached hydrogen (secondary N) is 2. The maximum Gasteiger partial charge on any atom is 0.240 e. The lowest BCUT2D eigenvalue weighted by Crippen LogP contribution is -2.57. The van der Waals surface area contributed by atoms with E-state index in [1.165, 1.54) is 32.1 Å². The van der Waals surface area contributed by atoms with E-state index in [0.717, 1.165) is 25.4 Å². The Morgan fingerprint density at radius 2 is 2.19 bits per heavy atom. The highest BCUT2D eigenvalue weighted by molar-refractivity contribution is 5.86. The van der Waals surface area contributed by atoms with E-state index in [0.29, 0.717) is 0 Å². The number of hydrogen-bond donors (Lipinski definition) is 2. The second-order valence-corrected chi connectivity index (χ2v) is 5.20. The number of halogens is 1. The molecule has 2 fully saturated rings. The molecule has 3 nitrogen and oxygen atoms in total. The maximum absolute atomic E-state index is 11.9. The number of piperidine rings is 1. The molecule has 2 N–H and O–H groups in total. The largest absolute Gasteiger partial charge is 0.354 e. The summed E-state index contributed by atoms with van der Waals surface area (Å²) >= 11 is 0. The normalized spacial score (nSPS) is 29.3. The summed E-state index contributed by atoms with van der Waals surface area (Å²) in [6, 6.07) is 0. The Morgan fingerprint density at radius 1 is 1.44 bits per heavy atom.